The van der Waals surface area contributed by atoms with Crippen molar-refractivity contribution < 1.29 is 13.2 Å². The van der Waals surface area contributed by atoms with Crippen molar-refractivity contribution in [3.05, 3.63) is 42.2 Å². The zero-order valence-electron chi connectivity index (χ0n) is 16.3. The van der Waals surface area contributed by atoms with Gasteiger partial charge >= 0.3 is 6.03 Å². The van der Waals surface area contributed by atoms with Crippen LogP contribution in [0.4, 0.5) is 10.6 Å². The lowest BCUT2D eigenvalue weighted by Gasteiger charge is -2.35. The molecule has 1 N–H and O–H groups in total. The summed E-state index contributed by atoms with van der Waals surface area (Å²) >= 11 is 0. The first-order valence-corrected chi connectivity index (χ1v) is 11.0. The van der Waals surface area contributed by atoms with Crippen LogP contribution in [0.25, 0.3) is 11.3 Å². The first-order chi connectivity index (χ1) is 13.2. The molecule has 1 aromatic carbocycles. The number of anilines is 1. The van der Waals surface area contributed by atoms with Crippen LogP contribution in [0.1, 0.15) is 18.4 Å². The molecule has 1 fully saturated rings. The highest BCUT2D eigenvalue weighted by Gasteiger charge is 2.29. The van der Waals surface area contributed by atoms with Crippen LogP contribution in [0.2, 0.25) is 0 Å². The predicted octanol–water partition coefficient (Wildman–Crippen LogP) is 2.34. The molecular formula is C19H25N5O3S. The number of piperidine rings is 1. The summed E-state index contributed by atoms with van der Waals surface area (Å²) in [7, 11) is -1.46. The van der Waals surface area contributed by atoms with E-state index in [1.165, 1.54) is 16.8 Å². The Labute approximate surface area is 165 Å². The molecule has 8 nitrogen and oxygen atoms in total. The van der Waals surface area contributed by atoms with E-state index < -0.39 is 10.0 Å². The smallest absolute Gasteiger partial charge is 0.323 e. The summed E-state index contributed by atoms with van der Waals surface area (Å²) in [5, 5.41) is 2.75. The van der Waals surface area contributed by atoms with Gasteiger partial charge in [0.2, 0.25) is 10.0 Å². The number of benzene rings is 1. The molecule has 1 saturated heterocycles. The fraction of sp³-hybridized carbons (Fsp3) is 0.421. The quantitative estimate of drug-likeness (QED) is 0.845. The molecule has 0 atom stereocenters. The Kier molecular flexibility index (Phi) is 5.95. The molecule has 0 bridgehead atoms. The highest BCUT2D eigenvalue weighted by Crippen LogP contribution is 2.20. The van der Waals surface area contributed by atoms with Crippen LogP contribution < -0.4 is 5.32 Å². The van der Waals surface area contributed by atoms with Crippen molar-refractivity contribution in [3.63, 3.8) is 0 Å². The van der Waals surface area contributed by atoms with Gasteiger partial charge in [0.05, 0.1) is 24.3 Å². The third-order valence-corrected chi connectivity index (χ3v) is 6.26. The van der Waals surface area contributed by atoms with Gasteiger partial charge in [-0.15, -0.1) is 0 Å². The lowest BCUT2D eigenvalue weighted by atomic mass is 10.1. The van der Waals surface area contributed by atoms with Crippen molar-refractivity contribution in [1.82, 2.24) is 19.2 Å². The number of hydrogen-bond donors (Lipinski definition) is 1. The van der Waals surface area contributed by atoms with Crippen molar-refractivity contribution in [2.24, 2.45) is 0 Å². The summed E-state index contributed by atoms with van der Waals surface area (Å²) in [6.45, 7) is 2.86. The van der Waals surface area contributed by atoms with Gasteiger partial charge in [-0.2, -0.15) is 0 Å². The molecule has 28 heavy (non-hydrogen) atoms. The fourth-order valence-corrected chi connectivity index (χ4v) is 4.14. The first kappa shape index (κ1) is 20.2. The lowest BCUT2D eigenvalue weighted by molar-refractivity contribution is 0.174. The monoisotopic (exact) mass is 403 g/mol. The summed E-state index contributed by atoms with van der Waals surface area (Å²) in [4.78, 5) is 22.8. The molecule has 0 unspecified atom stereocenters. The van der Waals surface area contributed by atoms with Crippen molar-refractivity contribution in [3.8, 4) is 11.3 Å². The molecule has 150 valence electrons. The maximum atomic E-state index is 12.5. The number of carbonyl (C=O) groups is 1. The highest BCUT2D eigenvalue weighted by atomic mass is 32.2. The summed E-state index contributed by atoms with van der Waals surface area (Å²) in [6, 6.07) is 7.67. The Morgan fingerprint density at radius 3 is 2.50 bits per heavy atom. The van der Waals surface area contributed by atoms with Crippen LogP contribution in [-0.4, -0.2) is 66.1 Å². The van der Waals surface area contributed by atoms with Crippen molar-refractivity contribution >= 4 is 21.9 Å². The van der Waals surface area contributed by atoms with Crippen molar-refractivity contribution in [1.29, 1.82) is 0 Å². The van der Waals surface area contributed by atoms with Crippen LogP contribution in [0, 0.1) is 6.92 Å². The zero-order valence-corrected chi connectivity index (χ0v) is 17.1. The van der Waals surface area contributed by atoms with E-state index in [2.05, 4.69) is 15.3 Å². The standard InChI is InChI=1S/C19H25N5O3S/c1-14-5-4-6-15(11-14)17-12-21-18(13-20-17)22-19(25)23(2)16-7-9-24(10-8-16)28(3,26)27/h4-6,11-13,16H,7-10H2,1-3H3,(H,21,22,25). The van der Waals surface area contributed by atoms with E-state index in [9.17, 15) is 13.2 Å². The Morgan fingerprint density at radius 2 is 1.93 bits per heavy atom. The Balaban J connectivity index is 1.58. The van der Waals surface area contributed by atoms with Gasteiger partial charge in [0.1, 0.15) is 0 Å². The summed E-state index contributed by atoms with van der Waals surface area (Å²) in [5.41, 5.74) is 2.85. The summed E-state index contributed by atoms with van der Waals surface area (Å²) in [6.07, 6.45) is 5.59. The van der Waals surface area contributed by atoms with E-state index in [1.807, 2.05) is 31.2 Å². The van der Waals surface area contributed by atoms with Gasteiger partial charge in [0.15, 0.2) is 5.82 Å². The molecule has 9 heteroatoms. The molecule has 2 aromatic rings. The number of urea groups is 1. The second-order valence-electron chi connectivity index (χ2n) is 7.09. The Hall–Kier alpha value is -2.52. The molecule has 0 spiro atoms. The van der Waals surface area contributed by atoms with E-state index in [0.29, 0.717) is 31.7 Å². The molecule has 1 aromatic heterocycles. The van der Waals surface area contributed by atoms with Gasteiger partial charge in [-0.1, -0.05) is 23.8 Å². The maximum absolute atomic E-state index is 12.5. The third-order valence-electron chi connectivity index (χ3n) is 4.96. The molecule has 3 rings (SSSR count). The molecule has 1 aliphatic rings. The van der Waals surface area contributed by atoms with E-state index in [1.54, 1.807) is 18.1 Å². The van der Waals surface area contributed by atoms with E-state index in [-0.39, 0.29) is 12.1 Å². The molecule has 1 aliphatic heterocycles. The number of carbonyl (C=O) groups excluding carboxylic acids is 1. The summed E-state index contributed by atoms with van der Waals surface area (Å²) in [5.74, 6) is 0.377. The van der Waals surface area contributed by atoms with Crippen molar-refractivity contribution in [2.45, 2.75) is 25.8 Å². The third kappa shape index (κ3) is 4.85. The number of nitrogens with one attached hydrogen (secondary N) is 1. The lowest BCUT2D eigenvalue weighted by Crippen LogP contribution is -2.48. The SMILES string of the molecule is Cc1cccc(-c2cnc(NC(=O)N(C)C3CCN(S(C)(=O)=O)CC3)cn2)c1. The number of aromatic nitrogens is 2. The minimum Gasteiger partial charge on any atom is -0.324 e. The predicted molar refractivity (Wildman–Crippen MR) is 108 cm³/mol. The van der Waals surface area contributed by atoms with Gasteiger partial charge in [-0.3, -0.25) is 10.3 Å². The average Bonchev–Trinajstić information content (AvgIpc) is 2.67. The van der Waals surface area contributed by atoms with Crippen LogP contribution >= 0.6 is 0 Å². The van der Waals surface area contributed by atoms with Crippen LogP contribution in [0.3, 0.4) is 0 Å². The minimum atomic E-state index is -3.18. The van der Waals surface area contributed by atoms with Gasteiger partial charge in [0, 0.05) is 31.7 Å². The molecule has 2 heterocycles. The number of rotatable bonds is 4. The largest absolute Gasteiger partial charge is 0.324 e. The van der Waals surface area contributed by atoms with Crippen LogP contribution in [0.5, 0.6) is 0 Å². The van der Waals surface area contributed by atoms with Gasteiger partial charge in [-0.05, 0) is 25.8 Å². The maximum Gasteiger partial charge on any atom is 0.323 e. The Bertz CT molecular complexity index is 938. The normalized spacial score (nSPS) is 16.0. The number of nitrogens with zero attached hydrogens (tertiary/aromatic N) is 4. The fourth-order valence-electron chi connectivity index (χ4n) is 3.27. The van der Waals surface area contributed by atoms with Gasteiger partial charge < -0.3 is 4.90 Å². The molecular weight excluding hydrogens is 378 g/mol. The van der Waals surface area contributed by atoms with E-state index >= 15 is 0 Å². The van der Waals surface area contributed by atoms with Crippen LogP contribution in [-0.2, 0) is 10.0 Å². The number of sulfonamides is 1. The number of aryl methyl sites for hydroxylation is 1. The molecule has 0 saturated carbocycles. The van der Waals surface area contributed by atoms with E-state index in [0.717, 1.165) is 16.8 Å². The Morgan fingerprint density at radius 1 is 1.21 bits per heavy atom. The summed E-state index contributed by atoms with van der Waals surface area (Å²) < 4.78 is 24.7. The van der Waals surface area contributed by atoms with E-state index in [4.69, 9.17) is 0 Å². The minimum absolute atomic E-state index is 0.0162. The molecule has 0 aliphatic carbocycles. The second kappa shape index (κ2) is 8.24. The highest BCUT2D eigenvalue weighted by molar-refractivity contribution is 7.88. The van der Waals surface area contributed by atoms with Crippen LogP contribution in [0.15, 0.2) is 36.7 Å². The average molecular weight is 404 g/mol. The first-order valence-electron chi connectivity index (χ1n) is 9.12. The van der Waals surface area contributed by atoms with Gasteiger partial charge in [0.25, 0.3) is 0 Å². The molecule has 0 radical (unpaired) electrons. The van der Waals surface area contributed by atoms with Gasteiger partial charge in [-0.25, -0.2) is 22.5 Å². The molecule has 2 amide bonds. The van der Waals surface area contributed by atoms with Crippen molar-refractivity contribution in [2.75, 3.05) is 31.7 Å². The number of amides is 2. The zero-order chi connectivity index (χ0) is 20.3. The second-order valence-corrected chi connectivity index (χ2v) is 9.07. The number of hydrogen-bond acceptors (Lipinski definition) is 5. The topological polar surface area (TPSA) is 95.5 Å².